The zero-order valence-electron chi connectivity index (χ0n) is 29.6. The fraction of sp³-hybridized carbons (Fsp3) is 0.452. The molecule has 0 radical (unpaired) electrons. The Morgan fingerprint density at radius 2 is 1.65 bits per heavy atom. The number of aromatic amines is 1. The number of phenols is 1. The molecule has 0 bridgehead atoms. The van der Waals surface area contributed by atoms with Crippen molar-refractivity contribution < 1.29 is 54.8 Å². The number of H-pyrrole nitrogens is 1. The summed E-state index contributed by atoms with van der Waals surface area (Å²) in [6, 6.07) is 22.4. The Kier molecular flexibility index (Phi) is 8.56. The fourth-order valence-electron chi connectivity index (χ4n) is 10.6. The minimum atomic E-state index is -2.59. The van der Waals surface area contributed by atoms with Crippen molar-refractivity contribution in [3.63, 3.8) is 0 Å². The molecule has 12 nitrogen and oxygen atoms in total. The molecule has 0 unspecified atom stereocenters. The number of esters is 1. The predicted octanol–water partition coefficient (Wildman–Crippen LogP) is 4.15. The van der Waals surface area contributed by atoms with Crippen molar-refractivity contribution in [3.8, 4) is 11.5 Å². The fourth-order valence-corrected chi connectivity index (χ4v) is 10.6. The van der Waals surface area contributed by atoms with E-state index in [9.17, 15) is 40.5 Å². The quantitative estimate of drug-likeness (QED) is 0.0677. The molecule has 2 saturated carbocycles. The van der Waals surface area contributed by atoms with Gasteiger partial charge >= 0.3 is 5.97 Å². The van der Waals surface area contributed by atoms with Gasteiger partial charge in [0.05, 0.1) is 29.3 Å². The van der Waals surface area contributed by atoms with Gasteiger partial charge in [-0.2, -0.15) is 0 Å². The molecule has 1 aromatic heterocycles. The minimum absolute atomic E-state index is 0.0528. The van der Waals surface area contributed by atoms with Crippen molar-refractivity contribution in [2.24, 2.45) is 11.8 Å². The lowest BCUT2D eigenvalue weighted by atomic mass is 9.57. The highest BCUT2D eigenvalue weighted by atomic mass is 16.7. The number of phenolic OH excluding ortho intramolecular Hbond substituents is 1. The van der Waals surface area contributed by atoms with E-state index in [1.165, 1.54) is 0 Å². The van der Waals surface area contributed by atoms with Crippen LogP contribution < -0.4 is 4.74 Å². The summed E-state index contributed by atoms with van der Waals surface area (Å²) in [6.45, 7) is -0.496. The molecule has 3 heterocycles. The van der Waals surface area contributed by atoms with Crippen LogP contribution in [-0.4, -0.2) is 88.8 Å². The summed E-state index contributed by atoms with van der Waals surface area (Å²) in [5.74, 6) is -5.17. The summed E-state index contributed by atoms with van der Waals surface area (Å²) < 4.78 is 18.8. The molecule has 8 N–H and O–H groups in total. The summed E-state index contributed by atoms with van der Waals surface area (Å²) in [5.41, 5.74) is -1.39. The summed E-state index contributed by atoms with van der Waals surface area (Å²) in [4.78, 5) is 17.6. The molecule has 4 fully saturated rings. The van der Waals surface area contributed by atoms with E-state index in [2.05, 4.69) is 4.98 Å². The van der Waals surface area contributed by atoms with Crippen LogP contribution in [0.1, 0.15) is 62.6 Å². The van der Waals surface area contributed by atoms with Gasteiger partial charge in [0.15, 0.2) is 23.7 Å². The molecule has 284 valence electrons. The van der Waals surface area contributed by atoms with Crippen LogP contribution in [0.2, 0.25) is 0 Å². The molecule has 4 aliphatic rings. The topological polar surface area (TPSA) is 202 Å². The van der Waals surface area contributed by atoms with Crippen molar-refractivity contribution >= 4 is 38.4 Å². The number of hydrogen-bond acceptors (Lipinski definition) is 11. The van der Waals surface area contributed by atoms with E-state index in [-0.39, 0.29) is 36.5 Å². The van der Waals surface area contributed by atoms with Crippen LogP contribution >= 0.6 is 0 Å². The zero-order valence-corrected chi connectivity index (χ0v) is 29.6. The lowest BCUT2D eigenvalue weighted by molar-refractivity contribution is -0.352. The maximum atomic E-state index is 14.5. The van der Waals surface area contributed by atoms with E-state index in [1.54, 1.807) is 24.3 Å². The number of aliphatic hydroxyl groups is 6. The van der Waals surface area contributed by atoms with Crippen LogP contribution in [0, 0.1) is 11.8 Å². The summed E-state index contributed by atoms with van der Waals surface area (Å²) in [6.07, 6.45) is -3.46. The molecule has 0 spiro atoms. The van der Waals surface area contributed by atoms with E-state index in [4.69, 9.17) is 14.2 Å². The molecule has 54 heavy (non-hydrogen) atoms. The first kappa shape index (κ1) is 35.6. The average molecular weight is 740 g/mol. The van der Waals surface area contributed by atoms with Gasteiger partial charge in [0.1, 0.15) is 18.0 Å². The van der Waals surface area contributed by atoms with E-state index < -0.39 is 71.9 Å². The van der Waals surface area contributed by atoms with Gasteiger partial charge < -0.3 is 54.9 Å². The molecular weight excluding hydrogens is 694 g/mol. The number of ether oxygens (including phenoxy) is 3. The molecule has 4 aromatic carbocycles. The van der Waals surface area contributed by atoms with Crippen molar-refractivity contribution in [1.82, 2.24) is 4.98 Å². The van der Waals surface area contributed by atoms with Gasteiger partial charge in [-0.05, 0) is 95.5 Å². The van der Waals surface area contributed by atoms with Gasteiger partial charge in [0, 0.05) is 11.3 Å². The first-order chi connectivity index (χ1) is 26.0. The Morgan fingerprint density at radius 3 is 2.35 bits per heavy atom. The van der Waals surface area contributed by atoms with E-state index in [0.29, 0.717) is 23.7 Å². The number of hydrogen-bond donors (Lipinski definition) is 8. The molecule has 5 aromatic rings. The first-order valence-electron chi connectivity index (χ1n) is 18.9. The van der Waals surface area contributed by atoms with Crippen LogP contribution in [0.3, 0.4) is 0 Å². The van der Waals surface area contributed by atoms with E-state index in [1.807, 2.05) is 48.5 Å². The molecule has 2 aliphatic carbocycles. The molecule has 2 aliphatic heterocycles. The molecule has 0 amide bonds. The maximum absolute atomic E-state index is 14.5. The Balaban J connectivity index is 1.12. The second kappa shape index (κ2) is 13.0. The Labute approximate surface area is 310 Å². The molecule has 12 heteroatoms. The number of rotatable bonds is 7. The molecule has 8 atom stereocenters. The van der Waals surface area contributed by atoms with E-state index >= 15 is 0 Å². The third kappa shape index (κ3) is 5.16. The first-order valence-corrected chi connectivity index (χ1v) is 18.9. The normalized spacial score (nSPS) is 31.2. The highest BCUT2D eigenvalue weighted by molar-refractivity contribution is 6.14. The van der Waals surface area contributed by atoms with Crippen LogP contribution in [0.4, 0.5) is 0 Å². The molecule has 2 saturated heterocycles. The smallest absolute Gasteiger partial charge is 0.343 e. The summed E-state index contributed by atoms with van der Waals surface area (Å²) in [5, 5.41) is 82.7. The summed E-state index contributed by atoms with van der Waals surface area (Å²) >= 11 is 0. The second-order valence-corrected chi connectivity index (χ2v) is 15.8. The lowest BCUT2D eigenvalue weighted by Gasteiger charge is -2.56. The number of carbonyl (C=O) groups is 1. The zero-order chi connectivity index (χ0) is 37.6. The van der Waals surface area contributed by atoms with Crippen molar-refractivity contribution in [2.75, 3.05) is 0 Å². The SMILES string of the molecule is O=C(Oc1c(CO)[nH]c2ccc3cc4ccccc4cc3c12)[C@@H]1O[C@@]2(O)[C@H](O)CC[C@H]3C[C@@H]([C@H](C(O)O)C4(c5ccc(O)cc5)CCCCC4)O[C@@H]1[C@]32O. The number of aliphatic hydroxyl groups excluding tert-OH is 3. The van der Waals surface area contributed by atoms with Gasteiger partial charge in [0.25, 0.3) is 0 Å². The predicted molar refractivity (Wildman–Crippen MR) is 196 cm³/mol. The second-order valence-electron chi connectivity index (χ2n) is 15.8. The Morgan fingerprint density at radius 1 is 0.926 bits per heavy atom. The molecular formula is C42H45NO11. The largest absolute Gasteiger partial charge is 0.508 e. The third-order valence-electron chi connectivity index (χ3n) is 13.1. The van der Waals surface area contributed by atoms with Gasteiger partial charge in [-0.25, -0.2) is 4.79 Å². The van der Waals surface area contributed by atoms with Gasteiger partial charge in [-0.3, -0.25) is 0 Å². The van der Waals surface area contributed by atoms with Crippen LogP contribution in [0.25, 0.3) is 32.4 Å². The number of carbonyl (C=O) groups excluding carboxylic acids is 1. The van der Waals surface area contributed by atoms with Crippen molar-refractivity contribution in [1.29, 1.82) is 0 Å². The number of aromatic nitrogens is 1. The molecule has 9 rings (SSSR count). The lowest BCUT2D eigenvalue weighted by Crippen LogP contribution is -2.72. The minimum Gasteiger partial charge on any atom is -0.508 e. The highest BCUT2D eigenvalue weighted by Crippen LogP contribution is 2.59. The van der Waals surface area contributed by atoms with Gasteiger partial charge in [-0.15, -0.1) is 0 Å². The standard InChI is InChI=1S/C42H45NO11/c44-21-30-35(33-28-19-23-7-3-2-6-22(23)18-24(28)8-14-29(33)43-30)53-39(49)36-37-41(50)26(11-15-32(46)42(41,51)54-36)20-31(52-37)34(38(47)48)40(16-4-1-5-17-40)25-9-12-27(45)13-10-25/h2-3,6-10,12-14,18-19,26,31-32,34,36-38,43-48,50-51H,1,4-5,11,15-17,20-21H2/t26-,31-,32+,34+,36+,37-,41+,42-/m0/s1. The van der Waals surface area contributed by atoms with E-state index in [0.717, 1.165) is 46.4 Å². The number of fused-ring (bicyclic) bond motifs is 4. The monoisotopic (exact) mass is 739 g/mol. The Bertz CT molecular complexity index is 2230. The van der Waals surface area contributed by atoms with Gasteiger partial charge in [-0.1, -0.05) is 61.7 Å². The number of nitrogens with one attached hydrogen (secondary N) is 1. The third-order valence-corrected chi connectivity index (χ3v) is 13.1. The average Bonchev–Trinajstić information content (AvgIpc) is 3.65. The number of aromatic hydroxyl groups is 1. The van der Waals surface area contributed by atoms with Crippen molar-refractivity contribution in [3.05, 3.63) is 84.1 Å². The van der Waals surface area contributed by atoms with Crippen molar-refractivity contribution in [2.45, 2.75) is 105 Å². The highest BCUT2D eigenvalue weighted by Gasteiger charge is 2.77. The Hall–Kier alpha value is -4.11. The van der Waals surface area contributed by atoms with Crippen LogP contribution in [0.15, 0.2) is 72.8 Å². The van der Waals surface area contributed by atoms with Crippen LogP contribution in [-0.2, 0) is 26.3 Å². The van der Waals surface area contributed by atoms with Crippen LogP contribution in [0.5, 0.6) is 11.5 Å². The maximum Gasteiger partial charge on any atom is 0.343 e. The number of benzene rings is 4. The summed E-state index contributed by atoms with van der Waals surface area (Å²) in [7, 11) is 0. The van der Waals surface area contributed by atoms with Gasteiger partial charge in [0.2, 0.25) is 5.79 Å².